The van der Waals surface area contributed by atoms with Gasteiger partial charge in [0.1, 0.15) is 5.76 Å². The van der Waals surface area contributed by atoms with Gasteiger partial charge < -0.3 is 9.52 Å². The second-order valence-corrected chi connectivity index (χ2v) is 4.25. The third-order valence-corrected chi connectivity index (χ3v) is 2.87. The van der Waals surface area contributed by atoms with E-state index in [1.54, 1.807) is 6.07 Å². The van der Waals surface area contributed by atoms with Crippen LogP contribution in [0.25, 0.3) is 0 Å². The summed E-state index contributed by atoms with van der Waals surface area (Å²) in [5, 5.41) is 8.92. The number of carboxylic acids is 1. The van der Waals surface area contributed by atoms with Gasteiger partial charge >= 0.3 is 5.97 Å². The summed E-state index contributed by atoms with van der Waals surface area (Å²) < 4.78 is 5.92. The third kappa shape index (κ3) is 1.63. The minimum absolute atomic E-state index is 0.508. The summed E-state index contributed by atoms with van der Waals surface area (Å²) in [6.45, 7) is 0. The molecule has 0 saturated heterocycles. The van der Waals surface area contributed by atoms with Gasteiger partial charge in [-0.25, -0.2) is 0 Å². The molecule has 0 amide bonds. The molecule has 13 heavy (non-hydrogen) atoms. The number of hydrogen-bond acceptors (Lipinski definition) is 2. The predicted molar refractivity (Wildman–Crippen MR) is 49.4 cm³/mol. The van der Waals surface area contributed by atoms with E-state index in [2.05, 4.69) is 15.9 Å². The lowest BCUT2D eigenvalue weighted by Gasteiger charge is -2.05. The smallest absolute Gasteiger partial charge is 0.310 e. The van der Waals surface area contributed by atoms with Crippen molar-refractivity contribution in [2.24, 2.45) is 5.41 Å². The van der Waals surface area contributed by atoms with E-state index in [-0.39, 0.29) is 0 Å². The van der Waals surface area contributed by atoms with Gasteiger partial charge in [-0.3, -0.25) is 4.79 Å². The van der Waals surface area contributed by atoms with E-state index in [0.717, 1.165) is 18.6 Å². The monoisotopic (exact) mass is 244 g/mol. The largest absolute Gasteiger partial charge is 0.481 e. The number of aliphatic carboxylic acids is 1. The van der Waals surface area contributed by atoms with E-state index in [1.165, 1.54) is 0 Å². The maximum Gasteiger partial charge on any atom is 0.310 e. The molecule has 1 aromatic rings. The van der Waals surface area contributed by atoms with Crippen molar-refractivity contribution in [3.63, 3.8) is 0 Å². The van der Waals surface area contributed by atoms with Crippen LogP contribution in [0.2, 0.25) is 0 Å². The molecular formula is C9H9BrO3. The first-order valence-electron chi connectivity index (χ1n) is 4.10. The first kappa shape index (κ1) is 8.81. The van der Waals surface area contributed by atoms with Gasteiger partial charge in [-0.2, -0.15) is 0 Å². The zero-order chi connectivity index (χ0) is 9.47. The molecule has 1 saturated carbocycles. The van der Waals surface area contributed by atoms with Crippen LogP contribution in [0, 0.1) is 5.41 Å². The van der Waals surface area contributed by atoms with Crippen molar-refractivity contribution in [2.45, 2.75) is 19.3 Å². The molecule has 0 radical (unpaired) electrons. The number of rotatable bonds is 3. The molecule has 2 rings (SSSR count). The SMILES string of the molecule is O=C(O)C1(Cc2ccc(Br)o2)CC1. The molecule has 0 atom stereocenters. The van der Waals surface area contributed by atoms with Crippen molar-refractivity contribution in [2.75, 3.05) is 0 Å². The predicted octanol–water partition coefficient (Wildman–Crippen LogP) is 2.45. The van der Waals surface area contributed by atoms with E-state index in [0.29, 0.717) is 11.1 Å². The molecule has 0 spiro atoms. The second kappa shape index (κ2) is 2.87. The van der Waals surface area contributed by atoms with E-state index < -0.39 is 11.4 Å². The normalized spacial score (nSPS) is 18.5. The molecule has 70 valence electrons. The highest BCUT2D eigenvalue weighted by Gasteiger charge is 2.50. The summed E-state index contributed by atoms with van der Waals surface area (Å²) in [7, 11) is 0. The molecule has 3 nitrogen and oxygen atoms in total. The van der Waals surface area contributed by atoms with E-state index >= 15 is 0 Å². The van der Waals surface area contributed by atoms with Gasteiger partial charge in [-0.05, 0) is 40.9 Å². The van der Waals surface area contributed by atoms with Crippen LogP contribution in [-0.4, -0.2) is 11.1 Å². The summed E-state index contributed by atoms with van der Waals surface area (Å²) >= 11 is 3.18. The molecule has 1 heterocycles. The molecule has 4 heteroatoms. The summed E-state index contributed by atoms with van der Waals surface area (Å²) in [6, 6.07) is 3.60. The Morgan fingerprint density at radius 3 is 2.69 bits per heavy atom. The third-order valence-electron chi connectivity index (χ3n) is 2.45. The summed E-state index contributed by atoms with van der Waals surface area (Å²) in [5.41, 5.74) is -0.530. The van der Waals surface area contributed by atoms with Crippen molar-refractivity contribution in [3.05, 3.63) is 22.6 Å². The Morgan fingerprint density at radius 2 is 2.31 bits per heavy atom. The maximum atomic E-state index is 10.8. The number of carbonyl (C=O) groups is 1. The molecule has 0 aromatic carbocycles. The highest BCUT2D eigenvalue weighted by molar-refractivity contribution is 9.10. The average Bonchev–Trinajstić information content (AvgIpc) is 2.72. The topological polar surface area (TPSA) is 50.4 Å². The molecule has 1 aliphatic rings. The molecule has 1 N–H and O–H groups in total. The lowest BCUT2D eigenvalue weighted by Crippen LogP contribution is -2.17. The Labute approximate surface area is 83.9 Å². The van der Waals surface area contributed by atoms with Crippen LogP contribution < -0.4 is 0 Å². The molecule has 1 aliphatic carbocycles. The number of halogens is 1. The Balaban J connectivity index is 2.10. The lowest BCUT2D eigenvalue weighted by molar-refractivity contribution is -0.143. The molecule has 0 aliphatic heterocycles. The highest BCUT2D eigenvalue weighted by atomic mass is 79.9. The van der Waals surface area contributed by atoms with E-state index in [9.17, 15) is 4.79 Å². The van der Waals surface area contributed by atoms with Gasteiger partial charge in [0.25, 0.3) is 0 Å². The lowest BCUT2D eigenvalue weighted by atomic mass is 10.0. The minimum Gasteiger partial charge on any atom is -0.481 e. The molecular weight excluding hydrogens is 236 g/mol. The first-order valence-corrected chi connectivity index (χ1v) is 4.89. The minimum atomic E-state index is -0.708. The summed E-state index contributed by atoms with van der Waals surface area (Å²) in [6.07, 6.45) is 2.04. The van der Waals surface area contributed by atoms with Crippen LogP contribution in [0.1, 0.15) is 18.6 Å². The first-order chi connectivity index (χ1) is 6.12. The zero-order valence-corrected chi connectivity index (χ0v) is 8.50. The molecule has 1 aromatic heterocycles. The van der Waals surface area contributed by atoms with Gasteiger partial charge in [0, 0.05) is 6.42 Å². The number of furan rings is 1. The van der Waals surface area contributed by atoms with E-state index in [4.69, 9.17) is 9.52 Å². The summed E-state index contributed by atoms with van der Waals surface area (Å²) in [5.74, 6) is 0.0341. The molecule has 0 unspecified atom stereocenters. The Kier molecular flexibility index (Phi) is 1.95. The average molecular weight is 245 g/mol. The summed E-state index contributed by atoms with van der Waals surface area (Å²) in [4.78, 5) is 10.8. The van der Waals surface area contributed by atoms with Crippen molar-refractivity contribution in [3.8, 4) is 0 Å². The van der Waals surface area contributed by atoms with Crippen LogP contribution in [0.5, 0.6) is 0 Å². The van der Waals surface area contributed by atoms with Crippen LogP contribution in [-0.2, 0) is 11.2 Å². The Morgan fingerprint density at radius 1 is 1.62 bits per heavy atom. The molecule has 1 fully saturated rings. The van der Waals surface area contributed by atoms with Crippen LogP contribution in [0.3, 0.4) is 0 Å². The van der Waals surface area contributed by atoms with Crippen LogP contribution >= 0.6 is 15.9 Å². The standard InChI is InChI=1S/C9H9BrO3/c10-7-2-1-6(13-7)5-9(3-4-9)8(11)12/h1-2H,3-5H2,(H,11,12). The van der Waals surface area contributed by atoms with Crippen molar-refractivity contribution in [1.29, 1.82) is 0 Å². The highest BCUT2D eigenvalue weighted by Crippen LogP contribution is 2.48. The Hall–Kier alpha value is -0.770. The number of carboxylic acid groups (broad SMARTS) is 1. The van der Waals surface area contributed by atoms with Crippen molar-refractivity contribution >= 4 is 21.9 Å². The van der Waals surface area contributed by atoms with Gasteiger partial charge in [0.15, 0.2) is 4.67 Å². The number of hydrogen-bond donors (Lipinski definition) is 1. The van der Waals surface area contributed by atoms with Crippen molar-refractivity contribution in [1.82, 2.24) is 0 Å². The van der Waals surface area contributed by atoms with Gasteiger partial charge in [0.05, 0.1) is 5.41 Å². The fourth-order valence-electron chi connectivity index (χ4n) is 1.40. The van der Waals surface area contributed by atoms with E-state index in [1.807, 2.05) is 6.07 Å². The fraction of sp³-hybridized carbons (Fsp3) is 0.444. The molecule has 0 bridgehead atoms. The quantitative estimate of drug-likeness (QED) is 0.889. The fourth-order valence-corrected chi connectivity index (χ4v) is 1.74. The van der Waals surface area contributed by atoms with Crippen LogP contribution in [0.4, 0.5) is 0 Å². The van der Waals surface area contributed by atoms with Crippen molar-refractivity contribution < 1.29 is 14.3 Å². The van der Waals surface area contributed by atoms with Gasteiger partial charge in [-0.15, -0.1) is 0 Å². The maximum absolute atomic E-state index is 10.8. The Bertz CT molecular complexity index is 338. The zero-order valence-electron chi connectivity index (χ0n) is 6.92. The van der Waals surface area contributed by atoms with Crippen LogP contribution in [0.15, 0.2) is 21.2 Å². The van der Waals surface area contributed by atoms with Gasteiger partial charge in [0.2, 0.25) is 0 Å². The van der Waals surface area contributed by atoms with Gasteiger partial charge in [-0.1, -0.05) is 0 Å². The second-order valence-electron chi connectivity index (χ2n) is 3.47.